The van der Waals surface area contributed by atoms with Crippen LogP contribution in [-0.4, -0.2) is 14.5 Å². The summed E-state index contributed by atoms with van der Waals surface area (Å²) in [6.45, 7) is 0. The molecule has 47 heavy (non-hydrogen) atoms. The maximum atomic E-state index is 4.94. The standard InChI is InChI=1S/C42H25N3S.Pt/c1-3-10-28(11-4-1)30-20-23-39-36(25-30)35-21-18-32(42-44-38-16-7-8-17-41(38)46-42)26-40(35)45(39)34-15-9-14-31(24-34)37-22-19-33(27-43-37)29-12-5-2-6-13-29;/h1-23,25,27H;/q-2;+2. The Morgan fingerprint density at radius 1 is 0.553 bits per heavy atom. The van der Waals surface area contributed by atoms with E-state index in [0.717, 1.165) is 60.6 Å². The number of benzene rings is 6. The maximum absolute atomic E-state index is 4.94. The number of thiazole rings is 1. The van der Waals surface area contributed by atoms with E-state index in [1.54, 1.807) is 11.3 Å². The summed E-state index contributed by atoms with van der Waals surface area (Å²) < 4.78 is 3.45. The van der Waals surface area contributed by atoms with E-state index in [1.165, 1.54) is 21.2 Å². The number of aromatic nitrogens is 3. The molecule has 0 aliphatic carbocycles. The van der Waals surface area contributed by atoms with Gasteiger partial charge in [-0.05, 0) is 62.7 Å². The summed E-state index contributed by atoms with van der Waals surface area (Å²) in [6.07, 6.45) is 1.94. The normalized spacial score (nSPS) is 11.2. The minimum atomic E-state index is 0. The minimum Gasteiger partial charge on any atom is -0.346 e. The monoisotopic (exact) mass is 798 g/mol. The van der Waals surface area contributed by atoms with Gasteiger partial charge >= 0.3 is 21.1 Å². The van der Waals surface area contributed by atoms with Crippen LogP contribution in [0.5, 0.6) is 0 Å². The van der Waals surface area contributed by atoms with E-state index in [0.29, 0.717) is 0 Å². The van der Waals surface area contributed by atoms with Gasteiger partial charge in [-0.15, -0.1) is 53.6 Å². The zero-order valence-electron chi connectivity index (χ0n) is 25.0. The second-order valence-corrected chi connectivity index (χ2v) is 12.3. The van der Waals surface area contributed by atoms with Gasteiger partial charge in [0.05, 0.1) is 5.52 Å². The van der Waals surface area contributed by atoms with Gasteiger partial charge in [0.2, 0.25) is 0 Å². The maximum Gasteiger partial charge on any atom is 2.00 e. The molecule has 0 amide bonds. The van der Waals surface area contributed by atoms with Crippen LogP contribution >= 0.6 is 11.3 Å². The molecule has 3 aromatic heterocycles. The van der Waals surface area contributed by atoms with E-state index in [4.69, 9.17) is 9.97 Å². The van der Waals surface area contributed by atoms with Crippen LogP contribution in [0.25, 0.3) is 81.8 Å². The molecule has 0 N–H and O–H groups in total. The van der Waals surface area contributed by atoms with Gasteiger partial charge in [0.15, 0.2) is 0 Å². The SMILES string of the molecule is [Pt+2].[c-]1c(-c2ccc(-c3ccccc3)cn2)cccc1-n1c2[c-]c(-c3nc4ccccc4s3)ccc2c2cc(-c3ccccc3)ccc21. The van der Waals surface area contributed by atoms with E-state index in [1.807, 2.05) is 30.5 Å². The van der Waals surface area contributed by atoms with Crippen molar-refractivity contribution in [3.8, 4) is 49.8 Å². The third kappa shape index (κ3) is 5.30. The zero-order valence-corrected chi connectivity index (χ0v) is 28.1. The summed E-state index contributed by atoms with van der Waals surface area (Å²) in [7, 11) is 0. The molecule has 0 radical (unpaired) electrons. The van der Waals surface area contributed by atoms with Crippen molar-refractivity contribution in [2.75, 3.05) is 0 Å². The molecular weight excluding hydrogens is 774 g/mol. The van der Waals surface area contributed by atoms with Gasteiger partial charge in [0.1, 0.15) is 0 Å². The summed E-state index contributed by atoms with van der Waals surface area (Å²) in [5.41, 5.74) is 11.5. The number of pyridine rings is 1. The molecule has 3 heterocycles. The van der Waals surface area contributed by atoms with Crippen LogP contribution < -0.4 is 0 Å². The Morgan fingerprint density at radius 3 is 2.06 bits per heavy atom. The Labute approximate surface area is 291 Å². The third-order valence-corrected chi connectivity index (χ3v) is 9.54. The average molecular weight is 799 g/mol. The van der Waals surface area contributed by atoms with Gasteiger partial charge in [-0.25, -0.2) is 0 Å². The Hall–Kier alpha value is -5.15. The Kier molecular flexibility index (Phi) is 7.61. The minimum absolute atomic E-state index is 0. The van der Waals surface area contributed by atoms with Crippen LogP contribution in [0.3, 0.4) is 0 Å². The summed E-state index contributed by atoms with van der Waals surface area (Å²) >= 11 is 1.70. The first kappa shape index (κ1) is 29.3. The number of hydrogen-bond donors (Lipinski definition) is 0. The Morgan fingerprint density at radius 2 is 1.30 bits per heavy atom. The van der Waals surface area contributed by atoms with Crippen molar-refractivity contribution in [3.05, 3.63) is 164 Å². The molecule has 3 nitrogen and oxygen atoms in total. The summed E-state index contributed by atoms with van der Waals surface area (Å²) in [5.74, 6) is 0. The molecule has 0 aliphatic rings. The van der Waals surface area contributed by atoms with E-state index < -0.39 is 0 Å². The molecule has 224 valence electrons. The molecule has 5 heteroatoms. The van der Waals surface area contributed by atoms with Gasteiger partial charge in [0, 0.05) is 21.4 Å². The molecule has 0 atom stereocenters. The van der Waals surface area contributed by atoms with Crippen molar-refractivity contribution in [1.82, 2.24) is 14.5 Å². The first-order chi connectivity index (χ1) is 22.8. The number of rotatable bonds is 5. The molecule has 0 fully saturated rings. The van der Waals surface area contributed by atoms with Crippen molar-refractivity contribution in [2.45, 2.75) is 0 Å². The molecule has 0 spiro atoms. The first-order valence-corrected chi connectivity index (χ1v) is 16.1. The van der Waals surface area contributed by atoms with Crippen LogP contribution in [0.4, 0.5) is 0 Å². The molecule has 0 saturated heterocycles. The fraction of sp³-hybridized carbons (Fsp3) is 0. The van der Waals surface area contributed by atoms with Crippen molar-refractivity contribution < 1.29 is 21.1 Å². The zero-order chi connectivity index (χ0) is 30.5. The number of nitrogens with zero attached hydrogens (tertiary/aromatic N) is 3. The van der Waals surface area contributed by atoms with E-state index in [9.17, 15) is 0 Å². The van der Waals surface area contributed by atoms with Crippen molar-refractivity contribution in [1.29, 1.82) is 0 Å². The average Bonchev–Trinajstić information content (AvgIpc) is 3.71. The quantitative estimate of drug-likeness (QED) is 0.162. The van der Waals surface area contributed by atoms with Crippen LogP contribution in [0.1, 0.15) is 0 Å². The number of para-hydroxylation sites is 1. The van der Waals surface area contributed by atoms with Crippen molar-refractivity contribution in [2.24, 2.45) is 0 Å². The van der Waals surface area contributed by atoms with Crippen molar-refractivity contribution in [3.63, 3.8) is 0 Å². The van der Waals surface area contributed by atoms with Gasteiger partial charge in [-0.2, -0.15) is 11.3 Å². The van der Waals surface area contributed by atoms with Crippen molar-refractivity contribution >= 4 is 43.4 Å². The molecule has 0 saturated carbocycles. The smallest absolute Gasteiger partial charge is 0.346 e. The number of hydrogen-bond acceptors (Lipinski definition) is 3. The molecule has 0 unspecified atom stereocenters. The van der Waals surface area contributed by atoms with Crippen LogP contribution in [-0.2, 0) is 21.1 Å². The van der Waals surface area contributed by atoms with E-state index in [2.05, 4.69) is 138 Å². The van der Waals surface area contributed by atoms with Gasteiger partial charge in [0.25, 0.3) is 0 Å². The molecule has 9 rings (SSSR count). The predicted molar refractivity (Wildman–Crippen MR) is 191 cm³/mol. The number of fused-ring (bicyclic) bond motifs is 4. The van der Waals surface area contributed by atoms with E-state index >= 15 is 0 Å². The van der Waals surface area contributed by atoms with E-state index in [-0.39, 0.29) is 21.1 Å². The molecule has 0 bridgehead atoms. The Bertz CT molecular complexity index is 2480. The molecular formula is C42H25N3PtS. The second kappa shape index (κ2) is 12.2. The van der Waals surface area contributed by atoms with Gasteiger partial charge in [-0.1, -0.05) is 102 Å². The molecule has 6 aromatic carbocycles. The first-order valence-electron chi connectivity index (χ1n) is 15.2. The van der Waals surface area contributed by atoms with Crippen LogP contribution in [0.15, 0.2) is 152 Å². The largest absolute Gasteiger partial charge is 2.00 e. The second-order valence-electron chi connectivity index (χ2n) is 11.3. The Balaban J connectivity index is 0.00000324. The molecule has 0 aliphatic heterocycles. The summed E-state index contributed by atoms with van der Waals surface area (Å²) in [5, 5.41) is 3.28. The summed E-state index contributed by atoms with van der Waals surface area (Å²) in [6, 6.07) is 58.2. The van der Waals surface area contributed by atoms with Crippen LogP contribution in [0, 0.1) is 12.1 Å². The summed E-state index contributed by atoms with van der Waals surface area (Å²) in [4.78, 5) is 9.78. The van der Waals surface area contributed by atoms with Crippen LogP contribution in [0.2, 0.25) is 0 Å². The third-order valence-electron chi connectivity index (χ3n) is 8.47. The topological polar surface area (TPSA) is 30.7 Å². The predicted octanol–water partition coefficient (Wildman–Crippen LogP) is 11.1. The fourth-order valence-electron chi connectivity index (χ4n) is 6.21. The van der Waals surface area contributed by atoms with Gasteiger partial charge < -0.3 is 9.55 Å². The molecule has 9 aromatic rings. The van der Waals surface area contributed by atoms with Gasteiger partial charge in [-0.3, -0.25) is 4.98 Å². The fourth-order valence-corrected chi connectivity index (χ4v) is 7.15.